The van der Waals surface area contributed by atoms with Crippen molar-refractivity contribution < 1.29 is 9.53 Å². The van der Waals surface area contributed by atoms with Gasteiger partial charge in [0.25, 0.3) is 0 Å². The standard InChI is InChI=1S/C19H24O2/c1-21-13-6-8-14-12(11-13)5-7-17-15-3-2-4-19(20)18(15)10-9-16(14)17/h6,8,11,15-18H,2-5,7,9-10H2,1H3. The highest BCUT2D eigenvalue weighted by Gasteiger charge is 2.45. The van der Waals surface area contributed by atoms with Gasteiger partial charge in [0.2, 0.25) is 0 Å². The maximum Gasteiger partial charge on any atom is 0.136 e. The van der Waals surface area contributed by atoms with Gasteiger partial charge in [0.15, 0.2) is 0 Å². The first-order chi connectivity index (χ1) is 10.3. The lowest BCUT2D eigenvalue weighted by Crippen LogP contribution is -2.41. The third kappa shape index (κ3) is 2.11. The smallest absolute Gasteiger partial charge is 0.136 e. The quantitative estimate of drug-likeness (QED) is 0.775. The van der Waals surface area contributed by atoms with Crippen molar-refractivity contribution in [3.63, 3.8) is 0 Å². The first-order valence-electron chi connectivity index (χ1n) is 8.47. The summed E-state index contributed by atoms with van der Waals surface area (Å²) in [4.78, 5) is 12.2. The number of fused-ring (bicyclic) bond motifs is 5. The summed E-state index contributed by atoms with van der Waals surface area (Å²) < 4.78 is 5.37. The third-order valence-corrected chi connectivity index (χ3v) is 6.24. The molecule has 0 aromatic heterocycles. The molecule has 4 unspecified atom stereocenters. The van der Waals surface area contributed by atoms with Gasteiger partial charge in [0.05, 0.1) is 7.11 Å². The number of carbonyl (C=O) groups excluding carboxylic acids is 1. The van der Waals surface area contributed by atoms with Crippen molar-refractivity contribution >= 4 is 5.78 Å². The zero-order chi connectivity index (χ0) is 14.4. The Hall–Kier alpha value is -1.31. The van der Waals surface area contributed by atoms with E-state index in [1.54, 1.807) is 12.7 Å². The molecule has 2 fully saturated rings. The number of methoxy groups -OCH3 is 1. The van der Waals surface area contributed by atoms with E-state index in [1.165, 1.54) is 24.8 Å². The summed E-state index contributed by atoms with van der Waals surface area (Å²) in [6.45, 7) is 0. The number of aryl methyl sites for hydroxylation is 1. The van der Waals surface area contributed by atoms with E-state index in [4.69, 9.17) is 4.74 Å². The largest absolute Gasteiger partial charge is 0.497 e. The van der Waals surface area contributed by atoms with E-state index in [2.05, 4.69) is 18.2 Å². The average molecular weight is 284 g/mol. The van der Waals surface area contributed by atoms with Crippen molar-refractivity contribution in [3.8, 4) is 5.75 Å². The van der Waals surface area contributed by atoms with E-state index in [0.717, 1.165) is 37.4 Å². The van der Waals surface area contributed by atoms with E-state index in [1.807, 2.05) is 0 Å². The fourth-order valence-corrected chi connectivity index (χ4v) is 5.31. The fourth-order valence-electron chi connectivity index (χ4n) is 5.31. The minimum atomic E-state index is 0.389. The van der Waals surface area contributed by atoms with Gasteiger partial charge in [-0.1, -0.05) is 6.07 Å². The summed E-state index contributed by atoms with van der Waals surface area (Å²) in [5.41, 5.74) is 3.03. The number of Topliss-reactive ketones (excluding diaryl/α,β-unsaturated/α-hetero) is 1. The van der Waals surface area contributed by atoms with E-state index < -0.39 is 0 Å². The zero-order valence-corrected chi connectivity index (χ0v) is 12.8. The molecule has 0 aliphatic heterocycles. The van der Waals surface area contributed by atoms with Gasteiger partial charge in [-0.05, 0) is 79.5 Å². The maximum atomic E-state index is 12.2. The Morgan fingerprint density at radius 1 is 1.00 bits per heavy atom. The number of ether oxygens (including phenoxy) is 1. The lowest BCUT2D eigenvalue weighted by atomic mass is 9.56. The Balaban J connectivity index is 1.66. The van der Waals surface area contributed by atoms with Crippen molar-refractivity contribution in [2.75, 3.05) is 7.11 Å². The van der Waals surface area contributed by atoms with Crippen molar-refractivity contribution in [3.05, 3.63) is 29.3 Å². The molecule has 0 radical (unpaired) electrons. The molecule has 0 amide bonds. The molecule has 0 bridgehead atoms. The maximum absolute atomic E-state index is 12.2. The molecular weight excluding hydrogens is 260 g/mol. The molecule has 0 heterocycles. The molecule has 2 heteroatoms. The fraction of sp³-hybridized carbons (Fsp3) is 0.632. The summed E-state index contributed by atoms with van der Waals surface area (Å²) in [5.74, 6) is 4.03. The van der Waals surface area contributed by atoms with Gasteiger partial charge in [-0.25, -0.2) is 0 Å². The first-order valence-corrected chi connectivity index (χ1v) is 8.47. The molecule has 0 N–H and O–H groups in total. The highest BCUT2D eigenvalue weighted by Crippen LogP contribution is 2.53. The molecule has 3 aliphatic rings. The van der Waals surface area contributed by atoms with Crippen LogP contribution in [0.5, 0.6) is 5.75 Å². The van der Waals surface area contributed by atoms with Crippen molar-refractivity contribution in [2.45, 2.75) is 50.9 Å². The Bertz CT molecular complexity index is 563. The molecule has 21 heavy (non-hydrogen) atoms. The Labute approximate surface area is 126 Å². The second kappa shape index (κ2) is 5.15. The van der Waals surface area contributed by atoms with Crippen LogP contribution in [0.3, 0.4) is 0 Å². The molecule has 4 rings (SSSR count). The van der Waals surface area contributed by atoms with Gasteiger partial charge < -0.3 is 4.74 Å². The van der Waals surface area contributed by atoms with Crippen LogP contribution in [0.1, 0.15) is 55.6 Å². The topological polar surface area (TPSA) is 26.3 Å². The summed E-state index contributed by atoms with van der Waals surface area (Å²) in [6, 6.07) is 6.62. The molecule has 0 saturated heterocycles. The third-order valence-electron chi connectivity index (χ3n) is 6.24. The van der Waals surface area contributed by atoms with Crippen LogP contribution in [-0.4, -0.2) is 12.9 Å². The van der Waals surface area contributed by atoms with Crippen LogP contribution in [0.15, 0.2) is 18.2 Å². The van der Waals surface area contributed by atoms with Gasteiger partial charge in [-0.3, -0.25) is 4.79 Å². The number of carbonyl (C=O) groups is 1. The zero-order valence-electron chi connectivity index (χ0n) is 12.8. The van der Waals surface area contributed by atoms with E-state index in [9.17, 15) is 4.79 Å². The number of rotatable bonds is 1. The molecule has 112 valence electrons. The average Bonchev–Trinajstić information content (AvgIpc) is 2.54. The van der Waals surface area contributed by atoms with E-state index in [0.29, 0.717) is 23.5 Å². The normalized spacial score (nSPS) is 34.6. The molecule has 1 aromatic carbocycles. The van der Waals surface area contributed by atoms with Crippen LogP contribution < -0.4 is 4.74 Å². The second-order valence-electron chi connectivity index (χ2n) is 7.08. The van der Waals surface area contributed by atoms with Crippen LogP contribution >= 0.6 is 0 Å². The van der Waals surface area contributed by atoms with E-state index >= 15 is 0 Å². The van der Waals surface area contributed by atoms with Crippen LogP contribution in [0.4, 0.5) is 0 Å². The molecule has 4 atom stereocenters. The Morgan fingerprint density at radius 2 is 1.81 bits per heavy atom. The van der Waals surface area contributed by atoms with Crippen LogP contribution in [0, 0.1) is 17.8 Å². The number of ketones is 1. The molecule has 1 aromatic rings. The molecule has 2 saturated carbocycles. The first kappa shape index (κ1) is 13.4. The predicted octanol–water partition coefficient (Wildman–Crippen LogP) is 4.12. The summed E-state index contributed by atoms with van der Waals surface area (Å²) in [6.07, 6.45) is 7.99. The van der Waals surface area contributed by atoms with Crippen molar-refractivity contribution in [1.82, 2.24) is 0 Å². The van der Waals surface area contributed by atoms with Gasteiger partial charge in [0, 0.05) is 12.3 Å². The minimum Gasteiger partial charge on any atom is -0.497 e. The molecular formula is C19H24O2. The summed E-state index contributed by atoms with van der Waals surface area (Å²) in [5, 5.41) is 0. The minimum absolute atomic E-state index is 0.389. The Kier molecular flexibility index (Phi) is 3.28. The summed E-state index contributed by atoms with van der Waals surface area (Å²) >= 11 is 0. The highest BCUT2D eigenvalue weighted by atomic mass is 16.5. The lowest BCUT2D eigenvalue weighted by molar-refractivity contribution is -0.130. The molecule has 2 nitrogen and oxygen atoms in total. The van der Waals surface area contributed by atoms with Gasteiger partial charge in [-0.2, -0.15) is 0 Å². The van der Waals surface area contributed by atoms with Crippen LogP contribution in [0.2, 0.25) is 0 Å². The van der Waals surface area contributed by atoms with Crippen LogP contribution in [-0.2, 0) is 11.2 Å². The number of hydrogen-bond acceptors (Lipinski definition) is 2. The lowest BCUT2D eigenvalue weighted by Gasteiger charge is -2.47. The van der Waals surface area contributed by atoms with Crippen molar-refractivity contribution in [2.24, 2.45) is 17.8 Å². The Morgan fingerprint density at radius 3 is 2.67 bits per heavy atom. The van der Waals surface area contributed by atoms with Crippen LogP contribution in [0.25, 0.3) is 0 Å². The predicted molar refractivity (Wildman–Crippen MR) is 82.6 cm³/mol. The summed E-state index contributed by atoms with van der Waals surface area (Å²) in [7, 11) is 1.74. The highest BCUT2D eigenvalue weighted by molar-refractivity contribution is 5.82. The molecule has 3 aliphatic carbocycles. The number of benzene rings is 1. The van der Waals surface area contributed by atoms with Gasteiger partial charge in [-0.15, -0.1) is 0 Å². The van der Waals surface area contributed by atoms with Gasteiger partial charge >= 0.3 is 0 Å². The SMILES string of the molecule is COc1ccc2c(c1)CCC1C2CCC2C(=O)CCCC21. The van der Waals surface area contributed by atoms with Crippen molar-refractivity contribution in [1.29, 1.82) is 0 Å². The van der Waals surface area contributed by atoms with Gasteiger partial charge in [0.1, 0.15) is 11.5 Å². The number of hydrogen-bond donors (Lipinski definition) is 0. The second-order valence-corrected chi connectivity index (χ2v) is 7.08. The van der Waals surface area contributed by atoms with E-state index in [-0.39, 0.29) is 0 Å². The molecule has 0 spiro atoms. The monoisotopic (exact) mass is 284 g/mol.